The number of anilines is 1. The number of rotatable bonds is 5. The molecule has 1 amide bonds. The molecular weight excluding hydrogens is 364 g/mol. The number of aromatic nitrogens is 3. The first-order valence-electron chi connectivity index (χ1n) is 9.19. The second-order valence-electron chi connectivity index (χ2n) is 6.53. The molecule has 0 unspecified atom stereocenters. The van der Waals surface area contributed by atoms with Gasteiger partial charge in [0.15, 0.2) is 5.82 Å². The summed E-state index contributed by atoms with van der Waals surface area (Å²) in [5, 5.41) is 7.34. The Morgan fingerprint density at radius 3 is 2.34 bits per heavy atom. The summed E-state index contributed by atoms with van der Waals surface area (Å²) < 4.78 is 7.02. The third-order valence-corrected chi connectivity index (χ3v) is 4.45. The molecule has 0 aliphatic heterocycles. The molecule has 144 valence electrons. The van der Waals surface area contributed by atoms with Gasteiger partial charge in [-0.15, -0.1) is 5.10 Å². The van der Waals surface area contributed by atoms with Crippen molar-refractivity contribution in [1.82, 2.24) is 14.8 Å². The van der Waals surface area contributed by atoms with Gasteiger partial charge in [0, 0.05) is 5.56 Å². The van der Waals surface area contributed by atoms with E-state index in [0.717, 1.165) is 16.8 Å². The molecule has 4 rings (SSSR count). The maximum absolute atomic E-state index is 12.9. The fourth-order valence-electron chi connectivity index (χ4n) is 3.03. The fraction of sp³-hybridized carbons (Fsp3) is 0.0870. The van der Waals surface area contributed by atoms with Crippen LogP contribution in [0.25, 0.3) is 17.1 Å². The molecule has 0 fully saturated rings. The number of carbonyl (C=O) groups excluding carboxylic acids is 1. The zero-order chi connectivity index (χ0) is 20.2. The number of nitrogens with zero attached hydrogens (tertiary/aromatic N) is 3. The van der Waals surface area contributed by atoms with Gasteiger partial charge in [0.2, 0.25) is 5.82 Å². The predicted octanol–water partition coefficient (Wildman–Crippen LogP) is 4.50. The lowest BCUT2D eigenvalue weighted by Gasteiger charge is -2.09. The molecule has 0 aliphatic rings. The highest BCUT2D eigenvalue weighted by atomic mass is 16.5. The normalized spacial score (nSPS) is 10.6. The monoisotopic (exact) mass is 384 g/mol. The van der Waals surface area contributed by atoms with Crippen LogP contribution in [0, 0.1) is 6.92 Å². The SMILES string of the molecule is COc1ccc(C)cc1NC(=O)c1nc(-c2ccccc2)n(-c2ccccc2)n1. The number of hydrogen-bond donors (Lipinski definition) is 1. The molecule has 1 aromatic heterocycles. The van der Waals surface area contributed by atoms with Gasteiger partial charge in [0.25, 0.3) is 5.91 Å². The van der Waals surface area contributed by atoms with Crippen molar-refractivity contribution in [2.45, 2.75) is 6.92 Å². The van der Waals surface area contributed by atoms with Crippen molar-refractivity contribution in [2.24, 2.45) is 0 Å². The summed E-state index contributed by atoms with van der Waals surface area (Å²) in [6.07, 6.45) is 0. The average Bonchev–Trinajstić information content (AvgIpc) is 3.21. The highest BCUT2D eigenvalue weighted by Crippen LogP contribution is 2.26. The molecule has 0 bridgehead atoms. The van der Waals surface area contributed by atoms with Crippen molar-refractivity contribution in [3.63, 3.8) is 0 Å². The van der Waals surface area contributed by atoms with E-state index in [1.807, 2.05) is 85.8 Å². The van der Waals surface area contributed by atoms with Crippen molar-refractivity contribution in [3.05, 3.63) is 90.3 Å². The molecule has 1 heterocycles. The molecule has 6 heteroatoms. The van der Waals surface area contributed by atoms with Gasteiger partial charge < -0.3 is 10.1 Å². The number of hydrogen-bond acceptors (Lipinski definition) is 4. The smallest absolute Gasteiger partial charge is 0.295 e. The second-order valence-corrected chi connectivity index (χ2v) is 6.53. The zero-order valence-electron chi connectivity index (χ0n) is 16.2. The Bertz CT molecular complexity index is 1080. The lowest BCUT2D eigenvalue weighted by atomic mass is 10.2. The summed E-state index contributed by atoms with van der Waals surface area (Å²) in [6.45, 7) is 1.95. The van der Waals surface area contributed by atoms with Crippen LogP contribution in [0.5, 0.6) is 5.75 Å². The van der Waals surface area contributed by atoms with Crippen molar-refractivity contribution < 1.29 is 9.53 Å². The predicted molar refractivity (Wildman–Crippen MR) is 112 cm³/mol. The van der Waals surface area contributed by atoms with Gasteiger partial charge in [-0.3, -0.25) is 4.79 Å². The minimum absolute atomic E-state index is 0.0799. The molecule has 0 atom stereocenters. The fourth-order valence-corrected chi connectivity index (χ4v) is 3.03. The average molecular weight is 384 g/mol. The van der Waals surface area contributed by atoms with E-state index in [1.54, 1.807) is 11.8 Å². The topological polar surface area (TPSA) is 69.0 Å². The molecule has 0 spiro atoms. The highest BCUT2D eigenvalue weighted by Gasteiger charge is 2.20. The minimum atomic E-state index is -0.402. The molecule has 0 radical (unpaired) electrons. The Labute approximate surface area is 168 Å². The molecule has 29 heavy (non-hydrogen) atoms. The van der Waals surface area contributed by atoms with Crippen LogP contribution in [0.2, 0.25) is 0 Å². The largest absolute Gasteiger partial charge is 0.495 e. The van der Waals surface area contributed by atoms with E-state index in [9.17, 15) is 4.79 Å². The van der Waals surface area contributed by atoms with E-state index in [4.69, 9.17) is 4.74 Å². The van der Waals surface area contributed by atoms with Gasteiger partial charge in [0.05, 0.1) is 18.5 Å². The second kappa shape index (κ2) is 7.98. The van der Waals surface area contributed by atoms with Gasteiger partial charge in [0.1, 0.15) is 5.75 Å². The van der Waals surface area contributed by atoms with Crippen LogP contribution in [0.15, 0.2) is 78.9 Å². The summed E-state index contributed by atoms with van der Waals surface area (Å²) in [7, 11) is 1.57. The quantitative estimate of drug-likeness (QED) is 0.550. The van der Waals surface area contributed by atoms with Crippen molar-refractivity contribution >= 4 is 11.6 Å². The first-order valence-corrected chi connectivity index (χ1v) is 9.19. The highest BCUT2D eigenvalue weighted by molar-refractivity contribution is 6.02. The molecule has 0 aliphatic carbocycles. The van der Waals surface area contributed by atoms with E-state index in [0.29, 0.717) is 17.3 Å². The molecule has 0 saturated carbocycles. The Hall–Kier alpha value is -3.93. The van der Waals surface area contributed by atoms with Gasteiger partial charge in [-0.1, -0.05) is 54.6 Å². The van der Waals surface area contributed by atoms with Crippen molar-refractivity contribution in [1.29, 1.82) is 0 Å². The van der Waals surface area contributed by atoms with Crippen LogP contribution < -0.4 is 10.1 Å². The lowest BCUT2D eigenvalue weighted by Crippen LogP contribution is -2.15. The van der Waals surface area contributed by atoms with Gasteiger partial charge >= 0.3 is 0 Å². The van der Waals surface area contributed by atoms with E-state index >= 15 is 0 Å². The number of nitrogens with one attached hydrogen (secondary N) is 1. The number of methoxy groups -OCH3 is 1. The van der Waals surface area contributed by atoms with Crippen LogP contribution in [0.1, 0.15) is 16.2 Å². The maximum Gasteiger partial charge on any atom is 0.295 e. The number of carbonyl (C=O) groups is 1. The summed E-state index contributed by atoms with van der Waals surface area (Å²) in [5.74, 6) is 0.852. The van der Waals surface area contributed by atoms with Crippen LogP contribution in [0.4, 0.5) is 5.69 Å². The Balaban J connectivity index is 1.74. The molecule has 6 nitrogen and oxygen atoms in total. The molecule has 3 aromatic carbocycles. The van der Waals surface area contributed by atoms with E-state index in [1.165, 1.54) is 0 Å². The standard InChI is InChI=1S/C23H20N4O2/c1-16-13-14-20(29-2)19(15-16)24-23(28)21-25-22(17-9-5-3-6-10-17)27(26-21)18-11-7-4-8-12-18/h3-15H,1-2H3,(H,24,28). The van der Waals surface area contributed by atoms with Gasteiger partial charge in [-0.05, 0) is 36.8 Å². The number of ether oxygens (including phenoxy) is 1. The maximum atomic E-state index is 12.9. The molecule has 4 aromatic rings. The van der Waals surface area contributed by atoms with Crippen LogP contribution in [-0.2, 0) is 0 Å². The van der Waals surface area contributed by atoms with Crippen LogP contribution in [-0.4, -0.2) is 27.8 Å². The van der Waals surface area contributed by atoms with Crippen molar-refractivity contribution in [3.8, 4) is 22.8 Å². The summed E-state index contributed by atoms with van der Waals surface area (Å²) >= 11 is 0. The van der Waals surface area contributed by atoms with Gasteiger partial charge in [-0.2, -0.15) is 0 Å². The summed E-state index contributed by atoms with van der Waals surface area (Å²) in [6, 6.07) is 24.9. The zero-order valence-corrected chi connectivity index (χ0v) is 16.2. The van der Waals surface area contributed by atoms with E-state index in [-0.39, 0.29) is 5.82 Å². The molecule has 0 saturated heterocycles. The molecule has 1 N–H and O–H groups in total. The third-order valence-electron chi connectivity index (χ3n) is 4.45. The number of aryl methyl sites for hydroxylation is 1. The van der Waals surface area contributed by atoms with Crippen LogP contribution in [0.3, 0.4) is 0 Å². The first kappa shape index (κ1) is 18.4. The lowest BCUT2D eigenvalue weighted by molar-refractivity contribution is 0.101. The number of benzene rings is 3. The molecular formula is C23H20N4O2. The Morgan fingerprint density at radius 2 is 1.66 bits per heavy atom. The minimum Gasteiger partial charge on any atom is -0.495 e. The van der Waals surface area contributed by atoms with Gasteiger partial charge in [-0.25, -0.2) is 9.67 Å². The van der Waals surface area contributed by atoms with Crippen LogP contribution >= 0.6 is 0 Å². The third kappa shape index (κ3) is 3.87. The van der Waals surface area contributed by atoms with E-state index < -0.39 is 5.91 Å². The number of para-hydroxylation sites is 1. The first-order chi connectivity index (χ1) is 14.2. The van der Waals surface area contributed by atoms with Crippen molar-refractivity contribution in [2.75, 3.05) is 12.4 Å². The summed E-state index contributed by atoms with van der Waals surface area (Å²) in [4.78, 5) is 17.4. The Morgan fingerprint density at radius 1 is 0.966 bits per heavy atom. The number of amides is 1. The Kier molecular flexibility index (Phi) is 5.07. The summed E-state index contributed by atoms with van der Waals surface area (Å²) in [5.41, 5.74) is 3.28. The van der Waals surface area contributed by atoms with E-state index in [2.05, 4.69) is 15.4 Å².